The number of benzene rings is 2. The Morgan fingerprint density at radius 2 is 1.58 bits per heavy atom. The van der Waals surface area contributed by atoms with Crippen LogP contribution < -0.4 is 13.7 Å². The molecule has 0 heterocycles. The number of carbonyl (C=O) groups is 1. The average molecular weight is 390 g/mol. The molecule has 2 rings (SSSR count). The molecule has 0 spiro atoms. The van der Waals surface area contributed by atoms with Crippen LogP contribution in [-0.4, -0.2) is 19.9 Å². The van der Waals surface area contributed by atoms with Crippen LogP contribution in [0, 0.1) is 0 Å². The number of rotatable bonds is 6. The normalized spacial score (nSPS) is 11.7. The fraction of sp³-hybridized carbons (Fsp3) is 0.188. The molecule has 2 aromatic carbocycles. The lowest BCUT2D eigenvalue weighted by molar-refractivity contribution is -0.131. The highest BCUT2D eigenvalue weighted by Gasteiger charge is 2.48. The SMILES string of the molecule is CC(=O)Oc1cc(OCc2ccccc2)cc(OS(=O)(=O)C(F)(F)F)c1. The van der Waals surface area contributed by atoms with Crippen LogP contribution in [0.4, 0.5) is 13.2 Å². The smallest absolute Gasteiger partial charge is 0.489 e. The summed E-state index contributed by atoms with van der Waals surface area (Å²) in [6, 6.07) is 11.8. The number of alkyl halides is 3. The third-order valence-corrected chi connectivity index (χ3v) is 3.83. The lowest BCUT2D eigenvalue weighted by Crippen LogP contribution is -2.28. The Morgan fingerprint density at radius 3 is 2.15 bits per heavy atom. The molecule has 10 heteroatoms. The maximum absolute atomic E-state index is 12.5. The molecule has 0 bridgehead atoms. The van der Waals surface area contributed by atoms with Crippen molar-refractivity contribution in [1.82, 2.24) is 0 Å². The highest BCUT2D eigenvalue weighted by Crippen LogP contribution is 2.32. The van der Waals surface area contributed by atoms with E-state index in [9.17, 15) is 26.4 Å². The van der Waals surface area contributed by atoms with E-state index >= 15 is 0 Å². The lowest BCUT2D eigenvalue weighted by atomic mass is 10.2. The zero-order valence-corrected chi connectivity index (χ0v) is 14.1. The minimum atomic E-state index is -5.88. The minimum absolute atomic E-state index is 0.0417. The van der Waals surface area contributed by atoms with Gasteiger partial charge in [-0.1, -0.05) is 30.3 Å². The summed E-state index contributed by atoms with van der Waals surface area (Å²) in [6.07, 6.45) is 0. The summed E-state index contributed by atoms with van der Waals surface area (Å²) in [5, 5.41) is 0. The number of esters is 1. The maximum Gasteiger partial charge on any atom is 0.534 e. The van der Waals surface area contributed by atoms with Gasteiger partial charge in [-0.05, 0) is 5.56 Å². The largest absolute Gasteiger partial charge is 0.534 e. The highest BCUT2D eigenvalue weighted by molar-refractivity contribution is 7.88. The molecule has 0 aliphatic carbocycles. The van der Waals surface area contributed by atoms with Gasteiger partial charge in [-0.3, -0.25) is 4.79 Å². The minimum Gasteiger partial charge on any atom is -0.489 e. The van der Waals surface area contributed by atoms with E-state index in [1.807, 2.05) is 0 Å². The molecule has 26 heavy (non-hydrogen) atoms. The van der Waals surface area contributed by atoms with Crippen LogP contribution in [0.15, 0.2) is 48.5 Å². The predicted octanol–water partition coefficient (Wildman–Crippen LogP) is 3.42. The molecule has 0 unspecified atom stereocenters. The molecule has 0 saturated carbocycles. The molecule has 0 atom stereocenters. The summed E-state index contributed by atoms with van der Waals surface area (Å²) in [5.74, 6) is -1.73. The molecular weight excluding hydrogens is 377 g/mol. The first-order valence-electron chi connectivity index (χ1n) is 7.08. The number of halogens is 3. The van der Waals surface area contributed by atoms with E-state index in [0.717, 1.165) is 24.6 Å². The van der Waals surface area contributed by atoms with Crippen LogP contribution >= 0.6 is 0 Å². The van der Waals surface area contributed by atoms with Crippen LogP contribution in [0.25, 0.3) is 0 Å². The van der Waals surface area contributed by atoms with Crippen LogP contribution in [0.1, 0.15) is 12.5 Å². The number of hydrogen-bond donors (Lipinski definition) is 0. The van der Waals surface area contributed by atoms with Crippen LogP contribution in [-0.2, 0) is 21.5 Å². The third kappa shape index (κ3) is 5.38. The Morgan fingerprint density at radius 1 is 1.00 bits per heavy atom. The Bertz CT molecular complexity index is 879. The molecule has 0 fully saturated rings. The lowest BCUT2D eigenvalue weighted by Gasteiger charge is -2.13. The molecule has 0 N–H and O–H groups in total. The van der Waals surface area contributed by atoms with Gasteiger partial charge in [0, 0.05) is 25.1 Å². The van der Waals surface area contributed by atoms with E-state index in [0.29, 0.717) is 0 Å². The second-order valence-electron chi connectivity index (χ2n) is 4.99. The first-order valence-corrected chi connectivity index (χ1v) is 8.48. The van der Waals surface area contributed by atoms with Gasteiger partial charge in [0.2, 0.25) is 0 Å². The molecule has 0 aliphatic rings. The van der Waals surface area contributed by atoms with Crippen molar-refractivity contribution < 1.29 is 40.0 Å². The Kier molecular flexibility index (Phi) is 5.76. The van der Waals surface area contributed by atoms with Gasteiger partial charge in [0.25, 0.3) is 0 Å². The Hall–Kier alpha value is -2.75. The standard InChI is InChI=1S/C16H13F3O6S/c1-11(20)24-14-7-13(23-10-12-5-3-2-4-6-12)8-15(9-14)25-26(21,22)16(17,18)19/h2-9H,10H2,1H3. The summed E-state index contributed by atoms with van der Waals surface area (Å²) < 4.78 is 73.9. The summed E-state index contributed by atoms with van der Waals surface area (Å²) >= 11 is 0. The highest BCUT2D eigenvalue weighted by atomic mass is 32.2. The zero-order valence-electron chi connectivity index (χ0n) is 13.3. The van der Waals surface area contributed by atoms with Gasteiger partial charge in [0.1, 0.15) is 23.9 Å². The Balaban J connectivity index is 2.28. The van der Waals surface area contributed by atoms with Crippen molar-refractivity contribution in [2.24, 2.45) is 0 Å². The van der Waals surface area contributed by atoms with Gasteiger partial charge in [-0.25, -0.2) is 0 Å². The molecule has 0 saturated heterocycles. The maximum atomic E-state index is 12.5. The van der Waals surface area contributed by atoms with Crippen molar-refractivity contribution >= 4 is 16.1 Å². The molecule has 2 aromatic rings. The fourth-order valence-corrected chi connectivity index (χ4v) is 2.26. The number of ether oxygens (including phenoxy) is 2. The van der Waals surface area contributed by atoms with Gasteiger partial charge in [-0.2, -0.15) is 21.6 Å². The summed E-state index contributed by atoms with van der Waals surface area (Å²) in [7, 11) is -5.88. The average Bonchev–Trinajstić information content (AvgIpc) is 2.51. The molecule has 6 nitrogen and oxygen atoms in total. The molecule has 0 aliphatic heterocycles. The van der Waals surface area contributed by atoms with Gasteiger partial charge < -0.3 is 13.7 Å². The van der Waals surface area contributed by atoms with E-state index in [1.165, 1.54) is 6.07 Å². The molecule has 0 aromatic heterocycles. The van der Waals surface area contributed by atoms with Gasteiger partial charge in [0.15, 0.2) is 0 Å². The van der Waals surface area contributed by atoms with Crippen molar-refractivity contribution in [3.8, 4) is 17.2 Å². The van der Waals surface area contributed by atoms with Gasteiger partial charge >= 0.3 is 21.6 Å². The van der Waals surface area contributed by atoms with Crippen molar-refractivity contribution in [1.29, 1.82) is 0 Å². The van der Waals surface area contributed by atoms with Crippen molar-refractivity contribution in [2.45, 2.75) is 19.0 Å². The quantitative estimate of drug-likeness (QED) is 0.326. The van der Waals surface area contributed by atoms with Crippen LogP contribution in [0.3, 0.4) is 0 Å². The predicted molar refractivity (Wildman–Crippen MR) is 84.1 cm³/mol. The molecule has 0 radical (unpaired) electrons. The van der Waals surface area contributed by atoms with Crippen LogP contribution in [0.2, 0.25) is 0 Å². The molecular formula is C16H13F3O6S. The second kappa shape index (κ2) is 7.65. The zero-order chi connectivity index (χ0) is 19.4. The van der Waals surface area contributed by atoms with Crippen molar-refractivity contribution in [3.63, 3.8) is 0 Å². The van der Waals surface area contributed by atoms with Crippen molar-refractivity contribution in [3.05, 3.63) is 54.1 Å². The number of carbonyl (C=O) groups excluding carboxylic acids is 1. The van der Waals surface area contributed by atoms with Crippen LogP contribution in [0.5, 0.6) is 17.2 Å². The summed E-state index contributed by atoms with van der Waals surface area (Å²) in [5.41, 5.74) is -4.84. The first kappa shape index (κ1) is 19.6. The third-order valence-electron chi connectivity index (χ3n) is 2.85. The van der Waals surface area contributed by atoms with E-state index in [-0.39, 0.29) is 18.1 Å². The summed E-state index contributed by atoms with van der Waals surface area (Å²) in [4.78, 5) is 11.1. The van der Waals surface area contributed by atoms with E-state index in [2.05, 4.69) is 4.18 Å². The van der Waals surface area contributed by atoms with E-state index in [4.69, 9.17) is 9.47 Å². The van der Waals surface area contributed by atoms with E-state index < -0.39 is 27.3 Å². The monoisotopic (exact) mass is 390 g/mol. The van der Waals surface area contributed by atoms with E-state index in [1.54, 1.807) is 30.3 Å². The van der Waals surface area contributed by atoms with Gasteiger partial charge in [-0.15, -0.1) is 0 Å². The number of hydrogen-bond acceptors (Lipinski definition) is 6. The second-order valence-corrected chi connectivity index (χ2v) is 6.53. The molecule has 140 valence electrons. The summed E-state index contributed by atoms with van der Waals surface area (Å²) in [6.45, 7) is 1.13. The van der Waals surface area contributed by atoms with Gasteiger partial charge in [0.05, 0.1) is 0 Å². The Labute approximate surface area is 147 Å². The molecule has 0 amide bonds. The topological polar surface area (TPSA) is 78.9 Å². The first-order chi connectivity index (χ1) is 12.1. The fourth-order valence-electron chi connectivity index (χ4n) is 1.82. The van der Waals surface area contributed by atoms with Crippen molar-refractivity contribution in [2.75, 3.05) is 0 Å².